The fraction of sp³-hybridized carbons (Fsp3) is 0.292. The molecule has 7 nitrogen and oxygen atoms in total. The Morgan fingerprint density at radius 2 is 2.13 bits per heavy atom. The summed E-state index contributed by atoms with van der Waals surface area (Å²) in [6, 6.07) is 9.58. The van der Waals surface area contributed by atoms with Gasteiger partial charge in [-0.3, -0.25) is 4.79 Å². The number of carbonyl (C=O) groups is 1. The maximum atomic E-state index is 13.2. The fourth-order valence-corrected chi connectivity index (χ4v) is 4.30. The van der Waals surface area contributed by atoms with E-state index in [-0.39, 0.29) is 18.6 Å². The van der Waals surface area contributed by atoms with E-state index in [1.165, 1.54) is 0 Å². The molecule has 5 rings (SSSR count). The lowest BCUT2D eigenvalue weighted by molar-refractivity contribution is -0.172. The van der Waals surface area contributed by atoms with Crippen LogP contribution in [-0.2, 0) is 28.3 Å². The molecule has 0 unspecified atom stereocenters. The van der Waals surface area contributed by atoms with Crippen LogP contribution in [-0.4, -0.2) is 34.2 Å². The minimum absolute atomic E-state index is 0.122. The first kappa shape index (κ1) is 19.5. The van der Waals surface area contributed by atoms with Gasteiger partial charge in [0.1, 0.15) is 6.61 Å². The summed E-state index contributed by atoms with van der Waals surface area (Å²) in [5, 5.41) is 14.9. The molecule has 2 aliphatic rings. The number of ether oxygens (including phenoxy) is 1. The van der Waals surface area contributed by atoms with Crippen LogP contribution in [0.25, 0.3) is 22.3 Å². The van der Waals surface area contributed by atoms with E-state index >= 15 is 0 Å². The van der Waals surface area contributed by atoms with Crippen molar-refractivity contribution >= 4 is 16.9 Å². The SMILES string of the molecule is CC[C@@]1(O)C(=O)OCc2c1cc1n(c2=O)Cc2cc3cc(C#CCNC)ccc3nc2-1. The van der Waals surface area contributed by atoms with Crippen LogP contribution in [0.15, 0.2) is 35.1 Å². The molecular weight excluding hydrogens is 394 g/mol. The van der Waals surface area contributed by atoms with Crippen molar-refractivity contribution in [2.45, 2.75) is 32.1 Å². The monoisotopic (exact) mass is 415 g/mol. The van der Waals surface area contributed by atoms with E-state index in [1.54, 1.807) is 17.6 Å². The second kappa shape index (κ2) is 7.05. The number of hydrogen-bond donors (Lipinski definition) is 2. The number of cyclic esters (lactones) is 1. The van der Waals surface area contributed by atoms with Gasteiger partial charge in [-0.05, 0) is 43.8 Å². The number of hydrogen-bond acceptors (Lipinski definition) is 6. The lowest BCUT2D eigenvalue weighted by Gasteiger charge is -2.31. The number of esters is 1. The summed E-state index contributed by atoms with van der Waals surface area (Å²) in [5.41, 5.74) is 2.49. The van der Waals surface area contributed by atoms with Gasteiger partial charge in [-0.2, -0.15) is 0 Å². The molecule has 2 aliphatic heterocycles. The topological polar surface area (TPSA) is 93.5 Å². The van der Waals surface area contributed by atoms with E-state index in [0.29, 0.717) is 35.6 Å². The Kier molecular flexibility index (Phi) is 4.43. The summed E-state index contributed by atoms with van der Waals surface area (Å²) in [6.07, 6.45) is 0.122. The fourth-order valence-electron chi connectivity index (χ4n) is 4.30. The quantitative estimate of drug-likeness (QED) is 0.382. The molecule has 7 heteroatoms. The summed E-state index contributed by atoms with van der Waals surface area (Å²) in [4.78, 5) is 30.2. The molecule has 1 atom stereocenters. The van der Waals surface area contributed by atoms with Crippen molar-refractivity contribution in [1.29, 1.82) is 0 Å². The summed E-state index contributed by atoms with van der Waals surface area (Å²) in [5.74, 6) is 5.45. The Balaban J connectivity index is 1.66. The molecule has 2 N–H and O–H groups in total. The lowest BCUT2D eigenvalue weighted by Crippen LogP contribution is -2.44. The van der Waals surface area contributed by atoms with Gasteiger partial charge < -0.3 is 19.7 Å². The third kappa shape index (κ3) is 2.87. The molecule has 0 fully saturated rings. The molecule has 2 aromatic heterocycles. The van der Waals surface area contributed by atoms with Crippen LogP contribution < -0.4 is 10.9 Å². The molecule has 4 heterocycles. The Morgan fingerprint density at radius 3 is 2.90 bits per heavy atom. The summed E-state index contributed by atoms with van der Waals surface area (Å²) >= 11 is 0. The number of aromatic nitrogens is 2. The molecule has 0 bridgehead atoms. The minimum atomic E-state index is -1.82. The number of carbonyl (C=O) groups excluding carboxylic acids is 1. The Labute approximate surface area is 178 Å². The van der Waals surface area contributed by atoms with Crippen LogP contribution >= 0.6 is 0 Å². The number of nitrogens with one attached hydrogen (secondary N) is 1. The lowest BCUT2D eigenvalue weighted by atomic mass is 9.86. The highest BCUT2D eigenvalue weighted by molar-refractivity contribution is 5.87. The Bertz CT molecular complexity index is 1380. The van der Waals surface area contributed by atoms with Gasteiger partial charge >= 0.3 is 5.97 Å². The smallest absolute Gasteiger partial charge is 0.343 e. The zero-order valence-electron chi connectivity index (χ0n) is 17.3. The molecule has 0 saturated carbocycles. The zero-order chi connectivity index (χ0) is 21.8. The molecule has 156 valence electrons. The van der Waals surface area contributed by atoms with Gasteiger partial charge in [0.25, 0.3) is 5.56 Å². The van der Waals surface area contributed by atoms with Crippen LogP contribution in [0.3, 0.4) is 0 Å². The van der Waals surface area contributed by atoms with Gasteiger partial charge in [0.05, 0.1) is 35.6 Å². The Hall–Kier alpha value is -3.47. The van der Waals surface area contributed by atoms with Crippen molar-refractivity contribution in [1.82, 2.24) is 14.9 Å². The predicted octanol–water partition coefficient (Wildman–Crippen LogP) is 1.65. The number of fused-ring (bicyclic) bond motifs is 5. The Morgan fingerprint density at radius 1 is 1.29 bits per heavy atom. The van der Waals surface area contributed by atoms with Crippen molar-refractivity contribution in [2.75, 3.05) is 13.6 Å². The second-order valence-electron chi connectivity index (χ2n) is 7.84. The molecular formula is C24H21N3O4. The molecule has 0 amide bonds. The largest absolute Gasteiger partial charge is 0.458 e. The molecule has 0 spiro atoms. The zero-order valence-corrected chi connectivity index (χ0v) is 17.3. The second-order valence-corrected chi connectivity index (χ2v) is 7.84. The summed E-state index contributed by atoms with van der Waals surface area (Å²) < 4.78 is 6.75. The van der Waals surface area contributed by atoms with E-state index in [0.717, 1.165) is 22.0 Å². The minimum Gasteiger partial charge on any atom is -0.458 e. The normalized spacial score (nSPS) is 18.6. The van der Waals surface area contributed by atoms with Gasteiger partial charge in [0.2, 0.25) is 0 Å². The van der Waals surface area contributed by atoms with Crippen LogP contribution in [0.1, 0.15) is 35.6 Å². The molecule has 3 aromatic rings. The van der Waals surface area contributed by atoms with E-state index in [4.69, 9.17) is 9.72 Å². The number of benzene rings is 1. The summed E-state index contributed by atoms with van der Waals surface area (Å²) in [6.45, 7) is 2.56. The van der Waals surface area contributed by atoms with E-state index in [9.17, 15) is 14.7 Å². The van der Waals surface area contributed by atoms with Crippen molar-refractivity contribution in [3.8, 4) is 23.2 Å². The van der Waals surface area contributed by atoms with E-state index in [2.05, 4.69) is 17.2 Å². The maximum absolute atomic E-state index is 13.2. The molecule has 0 radical (unpaired) electrons. The van der Waals surface area contributed by atoms with Crippen molar-refractivity contribution in [3.05, 3.63) is 62.9 Å². The van der Waals surface area contributed by atoms with Gasteiger partial charge in [-0.15, -0.1) is 0 Å². The standard InChI is InChI=1S/C24H21N3O4/c1-3-24(30)18-11-20-21-16(12-27(20)22(28)17(18)13-31-23(24)29)10-15-9-14(5-4-8-25-2)6-7-19(15)26-21/h6-7,9-11,25,30H,3,8,12-13H2,1-2H3/t24-/m0/s1. The highest BCUT2D eigenvalue weighted by Crippen LogP contribution is 2.38. The first-order valence-corrected chi connectivity index (χ1v) is 10.2. The van der Waals surface area contributed by atoms with Crippen molar-refractivity contribution in [2.24, 2.45) is 0 Å². The average Bonchev–Trinajstić information content (AvgIpc) is 3.13. The van der Waals surface area contributed by atoms with Gasteiger partial charge in [0, 0.05) is 22.1 Å². The highest BCUT2D eigenvalue weighted by Gasteiger charge is 2.45. The van der Waals surface area contributed by atoms with Crippen molar-refractivity contribution < 1.29 is 14.6 Å². The van der Waals surface area contributed by atoms with Crippen LogP contribution in [0, 0.1) is 11.8 Å². The average molecular weight is 415 g/mol. The maximum Gasteiger partial charge on any atom is 0.343 e. The van der Waals surface area contributed by atoms with Gasteiger partial charge in [0.15, 0.2) is 5.60 Å². The number of pyridine rings is 2. The number of rotatable bonds is 2. The number of nitrogens with zero attached hydrogens (tertiary/aromatic N) is 2. The van der Waals surface area contributed by atoms with Gasteiger partial charge in [-0.25, -0.2) is 9.78 Å². The molecule has 31 heavy (non-hydrogen) atoms. The van der Waals surface area contributed by atoms with Crippen molar-refractivity contribution in [3.63, 3.8) is 0 Å². The molecule has 0 saturated heterocycles. The van der Waals surface area contributed by atoms with Gasteiger partial charge in [-0.1, -0.05) is 18.8 Å². The molecule has 0 aliphatic carbocycles. The molecule has 1 aromatic carbocycles. The number of aliphatic hydroxyl groups is 1. The van der Waals surface area contributed by atoms with E-state index in [1.807, 2.05) is 31.3 Å². The highest BCUT2D eigenvalue weighted by atomic mass is 16.6. The predicted molar refractivity (Wildman–Crippen MR) is 115 cm³/mol. The van der Waals surface area contributed by atoms with Crippen LogP contribution in [0.4, 0.5) is 0 Å². The summed E-state index contributed by atoms with van der Waals surface area (Å²) in [7, 11) is 1.85. The van der Waals surface area contributed by atoms with E-state index < -0.39 is 11.6 Å². The third-order valence-corrected chi connectivity index (χ3v) is 6.01. The third-order valence-electron chi connectivity index (χ3n) is 6.01. The first-order chi connectivity index (χ1) is 15.0. The first-order valence-electron chi connectivity index (χ1n) is 10.2. The van der Waals surface area contributed by atoms with Crippen LogP contribution in [0.5, 0.6) is 0 Å². The van der Waals surface area contributed by atoms with Crippen LogP contribution in [0.2, 0.25) is 0 Å².